The standard InChI is InChI=1S/C16H26N2O2/c1-13(2)18-8-7-15(12-18)17-14-5-4-6-16(11-14)20-10-9-19-3/h4-6,11,13,15,17H,7-10,12H2,1-3H3. The van der Waals surface area contributed by atoms with Gasteiger partial charge in [0.2, 0.25) is 0 Å². The Morgan fingerprint density at radius 1 is 1.35 bits per heavy atom. The topological polar surface area (TPSA) is 33.7 Å². The molecule has 1 aromatic rings. The molecule has 112 valence electrons. The lowest BCUT2D eigenvalue weighted by atomic mass is 10.2. The highest BCUT2D eigenvalue weighted by Crippen LogP contribution is 2.21. The first-order valence-corrected chi connectivity index (χ1v) is 7.41. The monoisotopic (exact) mass is 278 g/mol. The zero-order chi connectivity index (χ0) is 14.4. The van der Waals surface area contributed by atoms with Crippen molar-refractivity contribution in [3.05, 3.63) is 24.3 Å². The average molecular weight is 278 g/mol. The van der Waals surface area contributed by atoms with Gasteiger partial charge in [-0.3, -0.25) is 4.90 Å². The molecule has 0 spiro atoms. The molecule has 0 amide bonds. The van der Waals surface area contributed by atoms with Gasteiger partial charge in [-0.2, -0.15) is 0 Å². The molecule has 1 N–H and O–H groups in total. The molecule has 1 fully saturated rings. The maximum atomic E-state index is 5.64. The van der Waals surface area contributed by atoms with E-state index < -0.39 is 0 Å². The first-order valence-electron chi connectivity index (χ1n) is 7.41. The van der Waals surface area contributed by atoms with E-state index in [4.69, 9.17) is 9.47 Å². The number of benzene rings is 1. The lowest BCUT2D eigenvalue weighted by molar-refractivity contribution is 0.146. The summed E-state index contributed by atoms with van der Waals surface area (Å²) in [4.78, 5) is 2.51. The molecule has 1 atom stereocenters. The number of nitrogens with one attached hydrogen (secondary N) is 1. The van der Waals surface area contributed by atoms with E-state index in [-0.39, 0.29) is 0 Å². The fourth-order valence-corrected chi connectivity index (χ4v) is 2.53. The fourth-order valence-electron chi connectivity index (χ4n) is 2.53. The van der Waals surface area contributed by atoms with Gasteiger partial charge in [-0.05, 0) is 32.4 Å². The van der Waals surface area contributed by atoms with Crippen LogP contribution in [-0.2, 0) is 4.74 Å². The summed E-state index contributed by atoms with van der Waals surface area (Å²) >= 11 is 0. The van der Waals surface area contributed by atoms with E-state index in [1.165, 1.54) is 13.0 Å². The van der Waals surface area contributed by atoms with Crippen molar-refractivity contribution in [1.29, 1.82) is 0 Å². The summed E-state index contributed by atoms with van der Waals surface area (Å²) in [6.45, 7) is 8.01. The first-order chi connectivity index (χ1) is 9.69. The quantitative estimate of drug-likeness (QED) is 0.777. The molecule has 0 radical (unpaired) electrons. The molecule has 1 aromatic carbocycles. The predicted octanol–water partition coefficient (Wildman–Crippen LogP) is 2.61. The second-order valence-corrected chi connectivity index (χ2v) is 5.59. The normalized spacial score (nSPS) is 19.5. The molecule has 0 saturated carbocycles. The van der Waals surface area contributed by atoms with Gasteiger partial charge in [-0.15, -0.1) is 0 Å². The highest BCUT2D eigenvalue weighted by molar-refractivity contribution is 5.49. The van der Waals surface area contributed by atoms with Crippen molar-refractivity contribution in [2.75, 3.05) is 38.7 Å². The molecule has 2 rings (SSSR count). The molecule has 1 heterocycles. The lowest BCUT2D eigenvalue weighted by Gasteiger charge is -2.21. The van der Waals surface area contributed by atoms with E-state index in [9.17, 15) is 0 Å². The van der Waals surface area contributed by atoms with Crippen LogP contribution in [0.4, 0.5) is 5.69 Å². The van der Waals surface area contributed by atoms with Gasteiger partial charge in [0.15, 0.2) is 0 Å². The Balaban J connectivity index is 1.85. The van der Waals surface area contributed by atoms with Gasteiger partial charge in [0.1, 0.15) is 12.4 Å². The Morgan fingerprint density at radius 2 is 2.20 bits per heavy atom. The summed E-state index contributed by atoms with van der Waals surface area (Å²) in [5.41, 5.74) is 1.13. The van der Waals surface area contributed by atoms with E-state index >= 15 is 0 Å². The third kappa shape index (κ3) is 4.39. The number of rotatable bonds is 7. The van der Waals surface area contributed by atoms with Crippen LogP contribution in [0.1, 0.15) is 20.3 Å². The molecule has 4 heteroatoms. The van der Waals surface area contributed by atoms with Crippen molar-refractivity contribution in [3.8, 4) is 5.75 Å². The van der Waals surface area contributed by atoms with Crippen LogP contribution in [0.3, 0.4) is 0 Å². The van der Waals surface area contributed by atoms with Gasteiger partial charge in [0, 0.05) is 44.0 Å². The van der Waals surface area contributed by atoms with Crippen LogP contribution in [0, 0.1) is 0 Å². The largest absolute Gasteiger partial charge is 0.491 e. The summed E-state index contributed by atoms with van der Waals surface area (Å²) in [6.07, 6.45) is 1.20. The highest BCUT2D eigenvalue weighted by atomic mass is 16.5. The number of ether oxygens (including phenoxy) is 2. The molecule has 4 nitrogen and oxygen atoms in total. The maximum absolute atomic E-state index is 5.64. The van der Waals surface area contributed by atoms with Gasteiger partial charge in [-0.25, -0.2) is 0 Å². The van der Waals surface area contributed by atoms with Crippen LogP contribution in [-0.4, -0.2) is 50.4 Å². The molecule has 20 heavy (non-hydrogen) atoms. The molecule has 0 aliphatic carbocycles. The van der Waals surface area contributed by atoms with Crippen molar-refractivity contribution in [3.63, 3.8) is 0 Å². The number of hydrogen-bond acceptors (Lipinski definition) is 4. The molecular formula is C16H26N2O2. The molecule has 1 unspecified atom stereocenters. The summed E-state index contributed by atoms with van der Waals surface area (Å²) in [7, 11) is 1.68. The third-order valence-corrected chi connectivity index (χ3v) is 3.71. The summed E-state index contributed by atoms with van der Waals surface area (Å²) in [5, 5.41) is 3.60. The molecular weight excluding hydrogens is 252 g/mol. The highest BCUT2D eigenvalue weighted by Gasteiger charge is 2.23. The molecule has 0 aromatic heterocycles. The molecule has 1 aliphatic rings. The van der Waals surface area contributed by atoms with Crippen molar-refractivity contribution >= 4 is 5.69 Å². The lowest BCUT2D eigenvalue weighted by Crippen LogP contribution is -2.31. The van der Waals surface area contributed by atoms with Crippen molar-refractivity contribution in [2.24, 2.45) is 0 Å². The van der Waals surface area contributed by atoms with E-state index in [1.807, 2.05) is 12.1 Å². The summed E-state index contributed by atoms with van der Waals surface area (Å²) < 4.78 is 10.6. The van der Waals surface area contributed by atoms with Crippen LogP contribution >= 0.6 is 0 Å². The number of anilines is 1. The zero-order valence-corrected chi connectivity index (χ0v) is 12.8. The van der Waals surface area contributed by atoms with Crippen LogP contribution in [0.2, 0.25) is 0 Å². The minimum absolute atomic E-state index is 0.534. The van der Waals surface area contributed by atoms with Crippen molar-refractivity contribution in [2.45, 2.75) is 32.4 Å². The number of nitrogens with zero attached hydrogens (tertiary/aromatic N) is 1. The van der Waals surface area contributed by atoms with Gasteiger partial charge in [0.05, 0.1) is 6.61 Å². The third-order valence-electron chi connectivity index (χ3n) is 3.71. The number of hydrogen-bond donors (Lipinski definition) is 1. The second-order valence-electron chi connectivity index (χ2n) is 5.59. The fraction of sp³-hybridized carbons (Fsp3) is 0.625. The smallest absolute Gasteiger partial charge is 0.121 e. The van der Waals surface area contributed by atoms with Crippen molar-refractivity contribution < 1.29 is 9.47 Å². The Labute approximate surface area is 122 Å². The van der Waals surface area contributed by atoms with E-state index in [0.717, 1.165) is 18.0 Å². The zero-order valence-electron chi connectivity index (χ0n) is 12.8. The van der Waals surface area contributed by atoms with Crippen molar-refractivity contribution in [1.82, 2.24) is 4.90 Å². The van der Waals surface area contributed by atoms with Crippen LogP contribution in [0.25, 0.3) is 0 Å². The Kier molecular flexibility index (Phi) is 5.68. The SMILES string of the molecule is COCCOc1cccc(NC2CCN(C(C)C)C2)c1. The van der Waals surface area contributed by atoms with Crippen LogP contribution < -0.4 is 10.1 Å². The summed E-state index contributed by atoms with van der Waals surface area (Å²) in [6, 6.07) is 9.34. The van der Waals surface area contributed by atoms with Gasteiger partial charge >= 0.3 is 0 Å². The van der Waals surface area contributed by atoms with E-state index in [0.29, 0.717) is 25.3 Å². The van der Waals surface area contributed by atoms with E-state index in [2.05, 4.69) is 36.2 Å². The Hall–Kier alpha value is -1.26. The number of methoxy groups -OCH3 is 1. The predicted molar refractivity (Wildman–Crippen MR) is 82.5 cm³/mol. The minimum atomic E-state index is 0.534. The minimum Gasteiger partial charge on any atom is -0.491 e. The summed E-state index contributed by atoms with van der Waals surface area (Å²) in [5.74, 6) is 0.894. The number of likely N-dealkylation sites (tertiary alicyclic amines) is 1. The van der Waals surface area contributed by atoms with E-state index in [1.54, 1.807) is 7.11 Å². The van der Waals surface area contributed by atoms with Gasteiger partial charge < -0.3 is 14.8 Å². The average Bonchev–Trinajstić information content (AvgIpc) is 2.88. The molecule has 0 bridgehead atoms. The second kappa shape index (κ2) is 7.50. The molecule has 1 aliphatic heterocycles. The maximum Gasteiger partial charge on any atom is 0.121 e. The first kappa shape index (κ1) is 15.1. The van der Waals surface area contributed by atoms with Gasteiger partial charge in [0.25, 0.3) is 0 Å². The van der Waals surface area contributed by atoms with Crippen LogP contribution in [0.15, 0.2) is 24.3 Å². The Bertz CT molecular complexity index is 409. The van der Waals surface area contributed by atoms with Crippen LogP contribution in [0.5, 0.6) is 5.75 Å². The van der Waals surface area contributed by atoms with Gasteiger partial charge in [-0.1, -0.05) is 6.07 Å². The Morgan fingerprint density at radius 3 is 2.90 bits per heavy atom. The molecule has 1 saturated heterocycles.